The van der Waals surface area contributed by atoms with Gasteiger partial charge in [0.15, 0.2) is 0 Å². The highest BCUT2D eigenvalue weighted by atomic mass is 16.5. The Labute approximate surface area is 147 Å². The maximum atomic E-state index is 12.7. The molecule has 3 heteroatoms. The van der Waals surface area contributed by atoms with Gasteiger partial charge in [-0.15, -0.1) is 0 Å². The lowest BCUT2D eigenvalue weighted by atomic mass is 9.79. The van der Waals surface area contributed by atoms with Crippen LogP contribution >= 0.6 is 0 Å². The molecule has 0 bridgehead atoms. The van der Waals surface area contributed by atoms with Gasteiger partial charge in [-0.2, -0.15) is 0 Å². The van der Waals surface area contributed by atoms with E-state index >= 15 is 0 Å². The van der Waals surface area contributed by atoms with Crippen LogP contribution in [0.15, 0.2) is 12.1 Å². The third kappa shape index (κ3) is 4.52. The largest absolute Gasteiger partial charge is 0.497 e. The summed E-state index contributed by atoms with van der Waals surface area (Å²) in [4.78, 5) is 12.7. The summed E-state index contributed by atoms with van der Waals surface area (Å²) in [7, 11) is 1.67. The van der Waals surface area contributed by atoms with Gasteiger partial charge in [0.25, 0.3) is 0 Å². The number of methoxy groups -OCH3 is 1. The molecule has 1 aromatic carbocycles. The van der Waals surface area contributed by atoms with Crippen molar-refractivity contribution in [3.8, 4) is 11.5 Å². The first-order valence-electron chi connectivity index (χ1n) is 8.69. The van der Waals surface area contributed by atoms with E-state index in [9.17, 15) is 4.79 Å². The molecular formula is C21H34O3. The summed E-state index contributed by atoms with van der Waals surface area (Å²) in [5.41, 5.74) is 1.14. The second kappa shape index (κ2) is 6.78. The number of ether oxygens (including phenoxy) is 2. The van der Waals surface area contributed by atoms with Crippen LogP contribution < -0.4 is 9.47 Å². The molecule has 0 fully saturated rings. The van der Waals surface area contributed by atoms with Crippen molar-refractivity contribution in [2.24, 2.45) is 5.41 Å². The number of hydrogen-bond acceptors (Lipinski definition) is 3. The lowest BCUT2D eigenvalue weighted by molar-refractivity contribution is -0.144. The summed E-state index contributed by atoms with van der Waals surface area (Å²) >= 11 is 0. The number of esters is 1. The van der Waals surface area contributed by atoms with Crippen molar-refractivity contribution in [2.75, 3.05) is 7.11 Å². The Morgan fingerprint density at radius 3 is 1.62 bits per heavy atom. The van der Waals surface area contributed by atoms with Gasteiger partial charge in [-0.3, -0.25) is 4.79 Å². The van der Waals surface area contributed by atoms with Crippen molar-refractivity contribution in [3.63, 3.8) is 0 Å². The standard InChI is InChI=1S/C21H34O3/c1-11-21(8,9)18(22)24-17-15(19(2,3)4)12-14(23-10)13-16(17)20(5,6)7/h12-13H,11H2,1-10H3. The van der Waals surface area contributed by atoms with Crippen LogP contribution in [0.1, 0.15) is 79.9 Å². The first-order valence-corrected chi connectivity index (χ1v) is 8.69. The zero-order chi connectivity index (χ0) is 18.9. The fourth-order valence-electron chi connectivity index (χ4n) is 2.32. The van der Waals surface area contributed by atoms with E-state index in [-0.39, 0.29) is 16.8 Å². The number of rotatable bonds is 4. The molecule has 0 aliphatic carbocycles. The van der Waals surface area contributed by atoms with Crippen molar-refractivity contribution < 1.29 is 14.3 Å². The molecule has 0 radical (unpaired) electrons. The van der Waals surface area contributed by atoms with Crippen LogP contribution in [-0.4, -0.2) is 13.1 Å². The van der Waals surface area contributed by atoms with Gasteiger partial charge >= 0.3 is 5.97 Å². The van der Waals surface area contributed by atoms with Gasteiger partial charge in [0.2, 0.25) is 0 Å². The molecule has 0 amide bonds. The highest BCUT2D eigenvalue weighted by Gasteiger charge is 2.33. The fraction of sp³-hybridized carbons (Fsp3) is 0.667. The van der Waals surface area contributed by atoms with Gasteiger partial charge in [0.1, 0.15) is 11.5 Å². The molecule has 1 rings (SSSR count). The van der Waals surface area contributed by atoms with Crippen molar-refractivity contribution in [3.05, 3.63) is 23.3 Å². The number of benzene rings is 1. The van der Waals surface area contributed by atoms with Crippen LogP contribution in [0, 0.1) is 5.41 Å². The first kappa shape index (κ1) is 20.5. The normalized spacial score (nSPS) is 12.9. The topological polar surface area (TPSA) is 35.5 Å². The van der Waals surface area contributed by atoms with E-state index in [0.717, 1.165) is 23.3 Å². The zero-order valence-corrected chi connectivity index (χ0v) is 17.1. The van der Waals surface area contributed by atoms with E-state index in [0.29, 0.717) is 5.75 Å². The van der Waals surface area contributed by atoms with Gasteiger partial charge in [-0.05, 0) is 43.2 Å². The number of hydrogen-bond donors (Lipinski definition) is 0. The Kier molecular flexibility index (Phi) is 5.80. The van der Waals surface area contributed by atoms with Crippen LogP contribution in [0.2, 0.25) is 0 Å². The van der Waals surface area contributed by atoms with E-state index in [1.54, 1.807) is 7.11 Å². The maximum absolute atomic E-state index is 12.7. The van der Waals surface area contributed by atoms with Gasteiger partial charge in [0.05, 0.1) is 12.5 Å². The van der Waals surface area contributed by atoms with Gasteiger partial charge in [0, 0.05) is 11.1 Å². The highest BCUT2D eigenvalue weighted by Crippen LogP contribution is 2.43. The average Bonchev–Trinajstić information content (AvgIpc) is 2.44. The predicted molar refractivity (Wildman–Crippen MR) is 100 cm³/mol. The molecule has 0 heterocycles. The van der Waals surface area contributed by atoms with Crippen molar-refractivity contribution >= 4 is 5.97 Å². The molecule has 0 saturated heterocycles. The minimum Gasteiger partial charge on any atom is -0.497 e. The van der Waals surface area contributed by atoms with Crippen molar-refractivity contribution in [1.82, 2.24) is 0 Å². The Hall–Kier alpha value is -1.51. The molecule has 0 aliphatic heterocycles. The summed E-state index contributed by atoms with van der Waals surface area (Å²) in [6.45, 7) is 18.6. The third-order valence-electron chi connectivity index (χ3n) is 4.55. The maximum Gasteiger partial charge on any atom is 0.316 e. The Morgan fingerprint density at radius 2 is 1.33 bits per heavy atom. The second-order valence-corrected chi connectivity index (χ2v) is 9.18. The zero-order valence-electron chi connectivity index (χ0n) is 17.1. The summed E-state index contributed by atoms with van der Waals surface area (Å²) in [5, 5.41) is 0. The van der Waals surface area contributed by atoms with Crippen LogP contribution in [-0.2, 0) is 15.6 Å². The molecule has 0 N–H and O–H groups in total. The van der Waals surface area contributed by atoms with E-state index < -0.39 is 5.41 Å². The SMILES string of the molecule is CCC(C)(C)C(=O)Oc1c(C(C)(C)C)cc(OC)cc1C(C)(C)C. The van der Waals surface area contributed by atoms with Crippen LogP contribution in [0.3, 0.4) is 0 Å². The smallest absolute Gasteiger partial charge is 0.316 e. The predicted octanol–water partition coefficient (Wildman–Crippen LogP) is 5.63. The van der Waals surface area contributed by atoms with Crippen molar-refractivity contribution in [1.29, 1.82) is 0 Å². The Balaban J connectivity index is 3.63. The molecule has 0 unspecified atom stereocenters. The number of carbonyl (C=O) groups is 1. The lowest BCUT2D eigenvalue weighted by Gasteiger charge is -2.31. The highest BCUT2D eigenvalue weighted by molar-refractivity contribution is 5.79. The fourth-order valence-corrected chi connectivity index (χ4v) is 2.32. The van der Waals surface area contributed by atoms with E-state index in [4.69, 9.17) is 9.47 Å². The van der Waals surface area contributed by atoms with E-state index in [1.165, 1.54) is 0 Å². The molecule has 0 aliphatic rings. The monoisotopic (exact) mass is 334 g/mol. The molecule has 3 nitrogen and oxygen atoms in total. The van der Waals surface area contributed by atoms with E-state index in [2.05, 4.69) is 41.5 Å². The first-order chi connectivity index (χ1) is 10.7. The molecule has 0 atom stereocenters. The number of carbonyl (C=O) groups excluding carboxylic acids is 1. The molecule has 136 valence electrons. The van der Waals surface area contributed by atoms with Crippen LogP contribution in [0.4, 0.5) is 0 Å². The van der Waals surface area contributed by atoms with E-state index in [1.807, 2.05) is 32.9 Å². The molecule has 24 heavy (non-hydrogen) atoms. The summed E-state index contributed by atoms with van der Waals surface area (Å²) < 4.78 is 11.5. The summed E-state index contributed by atoms with van der Waals surface area (Å²) in [5.74, 6) is 1.29. The van der Waals surface area contributed by atoms with Crippen LogP contribution in [0.5, 0.6) is 11.5 Å². The molecular weight excluding hydrogens is 300 g/mol. The quantitative estimate of drug-likeness (QED) is 0.528. The third-order valence-corrected chi connectivity index (χ3v) is 4.55. The van der Waals surface area contributed by atoms with Gasteiger partial charge in [-0.1, -0.05) is 48.5 Å². The molecule has 1 aromatic rings. The Morgan fingerprint density at radius 1 is 0.917 bits per heavy atom. The van der Waals surface area contributed by atoms with Gasteiger partial charge < -0.3 is 9.47 Å². The summed E-state index contributed by atoms with van der Waals surface area (Å²) in [6.07, 6.45) is 0.734. The Bertz CT molecular complexity index is 563. The molecule has 0 saturated carbocycles. The van der Waals surface area contributed by atoms with Crippen molar-refractivity contribution in [2.45, 2.75) is 79.6 Å². The van der Waals surface area contributed by atoms with Gasteiger partial charge in [-0.25, -0.2) is 0 Å². The minimum atomic E-state index is -0.510. The minimum absolute atomic E-state index is 0.166. The molecule has 0 spiro atoms. The molecule has 0 aromatic heterocycles. The van der Waals surface area contributed by atoms with Crippen LogP contribution in [0.25, 0.3) is 0 Å². The average molecular weight is 335 g/mol. The second-order valence-electron chi connectivity index (χ2n) is 9.18. The lowest BCUT2D eigenvalue weighted by Crippen LogP contribution is -2.30. The summed E-state index contributed by atoms with van der Waals surface area (Å²) in [6, 6.07) is 3.97.